The fourth-order valence-corrected chi connectivity index (χ4v) is 2.15. The highest BCUT2D eigenvalue weighted by Gasteiger charge is 2.18. The second-order valence-corrected chi connectivity index (χ2v) is 5.11. The molecular formula is C16H15ClN2O4. The molecule has 1 aromatic heterocycles. The van der Waals surface area contributed by atoms with Crippen LogP contribution in [0.2, 0.25) is 5.02 Å². The molecule has 0 atom stereocenters. The fourth-order valence-electron chi connectivity index (χ4n) is 1.96. The van der Waals surface area contributed by atoms with Gasteiger partial charge in [0.25, 0.3) is 11.5 Å². The Balaban J connectivity index is 2.37. The van der Waals surface area contributed by atoms with E-state index in [1.165, 1.54) is 6.07 Å². The van der Waals surface area contributed by atoms with Crippen LogP contribution >= 0.6 is 11.6 Å². The zero-order valence-electron chi connectivity index (χ0n) is 12.6. The van der Waals surface area contributed by atoms with E-state index in [4.69, 9.17) is 16.3 Å². The van der Waals surface area contributed by atoms with Gasteiger partial charge < -0.3 is 15.0 Å². The van der Waals surface area contributed by atoms with Crippen molar-refractivity contribution < 1.29 is 14.3 Å². The number of aryl methyl sites for hydroxylation is 1. The van der Waals surface area contributed by atoms with Gasteiger partial charge in [0.2, 0.25) is 0 Å². The first-order valence-electron chi connectivity index (χ1n) is 6.91. The summed E-state index contributed by atoms with van der Waals surface area (Å²) in [6, 6.07) is 7.86. The van der Waals surface area contributed by atoms with Gasteiger partial charge in [0.05, 0.1) is 22.9 Å². The number of aromatic nitrogens is 1. The average Bonchev–Trinajstić information content (AvgIpc) is 2.49. The van der Waals surface area contributed by atoms with Crippen molar-refractivity contribution in [3.63, 3.8) is 0 Å². The summed E-state index contributed by atoms with van der Waals surface area (Å²) in [5, 5.41) is 2.88. The van der Waals surface area contributed by atoms with Crippen molar-refractivity contribution in [2.75, 3.05) is 11.9 Å². The Hall–Kier alpha value is -2.60. The molecule has 0 aliphatic heterocycles. The molecule has 2 N–H and O–H groups in total. The number of hydrogen-bond donors (Lipinski definition) is 2. The van der Waals surface area contributed by atoms with Crippen molar-refractivity contribution >= 4 is 29.2 Å². The molecule has 7 heteroatoms. The summed E-state index contributed by atoms with van der Waals surface area (Å²) in [4.78, 5) is 38.6. The van der Waals surface area contributed by atoms with Crippen molar-refractivity contribution in [2.45, 2.75) is 13.8 Å². The average molecular weight is 335 g/mol. The Morgan fingerprint density at radius 1 is 1.26 bits per heavy atom. The van der Waals surface area contributed by atoms with E-state index < -0.39 is 17.4 Å². The minimum Gasteiger partial charge on any atom is -0.462 e. The van der Waals surface area contributed by atoms with Gasteiger partial charge in [-0.05, 0) is 32.0 Å². The Morgan fingerprint density at radius 2 is 1.96 bits per heavy atom. The number of para-hydroxylation sites is 1. The zero-order valence-corrected chi connectivity index (χ0v) is 13.4. The summed E-state index contributed by atoms with van der Waals surface area (Å²) in [5.41, 5.74) is 0.0500. The summed E-state index contributed by atoms with van der Waals surface area (Å²) in [7, 11) is 0. The molecule has 0 fully saturated rings. The summed E-state index contributed by atoms with van der Waals surface area (Å²) in [6.07, 6.45) is 0. The molecule has 2 rings (SSSR count). The molecule has 0 aliphatic rings. The van der Waals surface area contributed by atoms with Gasteiger partial charge in [-0.2, -0.15) is 0 Å². The molecule has 0 radical (unpaired) electrons. The molecule has 0 saturated heterocycles. The first-order chi connectivity index (χ1) is 10.9. The van der Waals surface area contributed by atoms with Crippen LogP contribution in [0.1, 0.15) is 33.3 Å². The molecule has 2 aromatic rings. The van der Waals surface area contributed by atoms with E-state index in [0.29, 0.717) is 16.4 Å². The van der Waals surface area contributed by atoms with E-state index in [1.807, 2.05) is 0 Å². The van der Waals surface area contributed by atoms with Crippen LogP contribution in [0.4, 0.5) is 5.69 Å². The minimum absolute atomic E-state index is 0.135. The number of halogens is 1. The first-order valence-corrected chi connectivity index (χ1v) is 7.28. The second-order valence-electron chi connectivity index (χ2n) is 4.71. The number of ether oxygens (including phenoxy) is 1. The lowest BCUT2D eigenvalue weighted by Crippen LogP contribution is -2.26. The highest BCUT2D eigenvalue weighted by Crippen LogP contribution is 2.21. The van der Waals surface area contributed by atoms with E-state index in [1.54, 1.807) is 38.1 Å². The van der Waals surface area contributed by atoms with Crippen LogP contribution in [0.15, 0.2) is 35.1 Å². The molecule has 0 spiro atoms. The number of amides is 1. The van der Waals surface area contributed by atoms with Crippen molar-refractivity contribution in [1.82, 2.24) is 4.98 Å². The number of anilines is 1. The highest BCUT2D eigenvalue weighted by molar-refractivity contribution is 6.33. The van der Waals surface area contributed by atoms with Crippen LogP contribution < -0.4 is 10.9 Å². The molecule has 0 saturated carbocycles. The maximum absolute atomic E-state index is 12.3. The predicted octanol–water partition coefficient (Wildman–Crippen LogP) is 2.77. The van der Waals surface area contributed by atoms with Crippen LogP contribution in [-0.4, -0.2) is 23.5 Å². The minimum atomic E-state index is -0.662. The summed E-state index contributed by atoms with van der Waals surface area (Å²) >= 11 is 5.97. The number of aromatic amines is 1. The molecule has 6 nitrogen and oxygen atoms in total. The van der Waals surface area contributed by atoms with E-state index in [-0.39, 0.29) is 17.7 Å². The largest absolute Gasteiger partial charge is 0.462 e. The van der Waals surface area contributed by atoms with Crippen LogP contribution in [0.3, 0.4) is 0 Å². The smallest absolute Gasteiger partial charge is 0.339 e. The van der Waals surface area contributed by atoms with Crippen molar-refractivity contribution in [3.8, 4) is 0 Å². The lowest BCUT2D eigenvalue weighted by atomic mass is 10.1. The monoisotopic (exact) mass is 334 g/mol. The topological polar surface area (TPSA) is 88.3 Å². The molecule has 120 valence electrons. The van der Waals surface area contributed by atoms with Crippen molar-refractivity contribution in [2.24, 2.45) is 0 Å². The maximum Gasteiger partial charge on any atom is 0.339 e. The quantitative estimate of drug-likeness (QED) is 0.841. The SMILES string of the molecule is CCOC(=O)c1cc(C(=O)Nc2ccccc2Cl)c(=O)[nH]c1C. The van der Waals surface area contributed by atoms with E-state index >= 15 is 0 Å². The number of pyridine rings is 1. The summed E-state index contributed by atoms with van der Waals surface area (Å²) < 4.78 is 4.91. The lowest BCUT2D eigenvalue weighted by Gasteiger charge is -2.09. The van der Waals surface area contributed by atoms with Crippen molar-refractivity contribution in [3.05, 3.63) is 62.5 Å². The Morgan fingerprint density at radius 3 is 2.61 bits per heavy atom. The molecule has 0 bridgehead atoms. The molecule has 23 heavy (non-hydrogen) atoms. The summed E-state index contributed by atoms with van der Waals surface area (Å²) in [6.45, 7) is 3.42. The Labute approximate surface area is 137 Å². The predicted molar refractivity (Wildman–Crippen MR) is 87.2 cm³/mol. The van der Waals surface area contributed by atoms with Gasteiger partial charge >= 0.3 is 5.97 Å². The van der Waals surface area contributed by atoms with E-state index in [2.05, 4.69) is 10.3 Å². The van der Waals surface area contributed by atoms with Crippen LogP contribution in [0.5, 0.6) is 0 Å². The molecule has 0 aliphatic carbocycles. The van der Waals surface area contributed by atoms with Crippen molar-refractivity contribution in [1.29, 1.82) is 0 Å². The molecule has 0 unspecified atom stereocenters. The van der Waals surface area contributed by atoms with E-state index in [0.717, 1.165) is 0 Å². The second kappa shape index (κ2) is 7.11. The van der Waals surface area contributed by atoms with Gasteiger partial charge in [-0.15, -0.1) is 0 Å². The first kappa shape index (κ1) is 16.8. The normalized spacial score (nSPS) is 10.2. The third kappa shape index (κ3) is 3.78. The zero-order chi connectivity index (χ0) is 17.0. The van der Waals surface area contributed by atoms with Crippen LogP contribution in [0.25, 0.3) is 0 Å². The molecule has 1 heterocycles. The number of hydrogen-bond acceptors (Lipinski definition) is 4. The Kier molecular flexibility index (Phi) is 5.18. The van der Waals surface area contributed by atoms with Gasteiger partial charge in [-0.1, -0.05) is 23.7 Å². The third-order valence-corrected chi connectivity index (χ3v) is 3.43. The number of nitrogens with one attached hydrogen (secondary N) is 2. The van der Waals surface area contributed by atoms with Crippen LogP contribution in [0, 0.1) is 6.92 Å². The van der Waals surface area contributed by atoms with Gasteiger partial charge in [0.15, 0.2) is 0 Å². The number of esters is 1. The van der Waals surface area contributed by atoms with E-state index in [9.17, 15) is 14.4 Å². The highest BCUT2D eigenvalue weighted by atomic mass is 35.5. The number of carbonyl (C=O) groups excluding carboxylic acids is 2. The van der Waals surface area contributed by atoms with Crippen LogP contribution in [-0.2, 0) is 4.74 Å². The number of carbonyl (C=O) groups is 2. The third-order valence-electron chi connectivity index (χ3n) is 3.10. The molecule has 1 amide bonds. The molecular weight excluding hydrogens is 320 g/mol. The number of benzene rings is 1. The van der Waals surface area contributed by atoms with Gasteiger partial charge in [0.1, 0.15) is 5.56 Å². The number of rotatable bonds is 4. The summed E-state index contributed by atoms with van der Waals surface area (Å²) in [5.74, 6) is -1.27. The number of H-pyrrole nitrogens is 1. The lowest BCUT2D eigenvalue weighted by molar-refractivity contribution is 0.0525. The standard InChI is InChI=1S/C16H15ClN2O4/c1-3-23-16(22)10-8-11(14(20)18-9(10)2)15(21)19-13-7-5-4-6-12(13)17/h4-8H,3H2,1-2H3,(H,18,20)(H,19,21). The van der Waals surface area contributed by atoms with Gasteiger partial charge in [-0.3, -0.25) is 9.59 Å². The fraction of sp³-hybridized carbons (Fsp3) is 0.188. The van der Waals surface area contributed by atoms with Gasteiger partial charge in [0, 0.05) is 5.69 Å². The maximum atomic E-state index is 12.3. The van der Waals surface area contributed by atoms with Gasteiger partial charge in [-0.25, -0.2) is 4.79 Å². The Bertz CT molecular complexity index is 814. The molecule has 1 aromatic carbocycles.